The number of para-hydroxylation sites is 2. The second-order valence-electron chi connectivity index (χ2n) is 6.24. The van der Waals surface area contributed by atoms with Gasteiger partial charge in [-0.3, -0.25) is 10.1 Å². The Kier molecular flexibility index (Phi) is 4.37. The Bertz CT molecular complexity index is 1070. The predicted octanol–water partition coefficient (Wildman–Crippen LogP) is 3.98. The number of fused-ring (bicyclic) bond motifs is 3. The first kappa shape index (κ1) is 17.2. The Balaban J connectivity index is 1.98. The fraction of sp³-hybridized carbons (Fsp3) is 0.250. The van der Waals surface area contributed by atoms with Crippen molar-refractivity contribution in [3.63, 3.8) is 0 Å². The van der Waals surface area contributed by atoms with Gasteiger partial charge < -0.3 is 13.9 Å². The maximum absolute atomic E-state index is 12.7. The van der Waals surface area contributed by atoms with E-state index < -0.39 is 22.8 Å². The molecule has 0 bridgehead atoms. The molecule has 1 aliphatic rings. The molecule has 0 aliphatic carbocycles. The minimum absolute atomic E-state index is 0.0434. The number of rotatable bonds is 4. The van der Waals surface area contributed by atoms with Crippen molar-refractivity contribution in [1.29, 1.82) is 0 Å². The third-order valence-electron chi connectivity index (χ3n) is 4.69. The molecule has 27 heavy (non-hydrogen) atoms. The van der Waals surface area contributed by atoms with E-state index in [-0.39, 0.29) is 12.1 Å². The molecule has 0 saturated carbocycles. The van der Waals surface area contributed by atoms with E-state index in [2.05, 4.69) is 0 Å². The molecular formula is C20H17NO6. The Hall–Kier alpha value is -3.19. The van der Waals surface area contributed by atoms with Crippen molar-refractivity contribution in [2.75, 3.05) is 6.61 Å². The van der Waals surface area contributed by atoms with Crippen LogP contribution in [0.3, 0.4) is 0 Å². The molecule has 2 atom stereocenters. The lowest BCUT2D eigenvalue weighted by Gasteiger charge is -2.31. The van der Waals surface area contributed by atoms with Gasteiger partial charge in [0.2, 0.25) is 6.29 Å². The fourth-order valence-corrected chi connectivity index (χ4v) is 3.57. The molecular weight excluding hydrogens is 350 g/mol. The van der Waals surface area contributed by atoms with Crippen LogP contribution in [0.25, 0.3) is 11.0 Å². The minimum Gasteiger partial charge on any atom is -0.464 e. The topological polar surface area (TPSA) is 91.8 Å². The van der Waals surface area contributed by atoms with Gasteiger partial charge in [-0.1, -0.05) is 30.3 Å². The maximum Gasteiger partial charge on any atom is 0.343 e. The van der Waals surface area contributed by atoms with Crippen LogP contribution < -0.4 is 10.4 Å². The second kappa shape index (κ2) is 6.85. The van der Waals surface area contributed by atoms with Gasteiger partial charge in [0.15, 0.2) is 0 Å². The summed E-state index contributed by atoms with van der Waals surface area (Å²) >= 11 is 0. The molecule has 0 spiro atoms. The van der Waals surface area contributed by atoms with Gasteiger partial charge >= 0.3 is 5.63 Å². The Morgan fingerprint density at radius 1 is 1.19 bits per heavy atom. The summed E-state index contributed by atoms with van der Waals surface area (Å²) in [4.78, 5) is 23.8. The summed E-state index contributed by atoms with van der Waals surface area (Å²) in [5, 5.41) is 12.2. The molecule has 0 fully saturated rings. The smallest absolute Gasteiger partial charge is 0.343 e. The largest absolute Gasteiger partial charge is 0.464 e. The average molecular weight is 367 g/mol. The van der Waals surface area contributed by atoms with Crippen LogP contribution in [0.15, 0.2) is 57.7 Å². The zero-order valence-electron chi connectivity index (χ0n) is 14.6. The average Bonchev–Trinajstić information content (AvgIpc) is 2.67. The Morgan fingerprint density at radius 2 is 1.93 bits per heavy atom. The SMILES string of the molecule is CCO[C@H]1C[C@@H](c2ccccc2[N+](=O)[O-])c2c(c3ccccc3oc2=O)O1. The lowest BCUT2D eigenvalue weighted by molar-refractivity contribution is -0.385. The van der Waals surface area contributed by atoms with Crippen LogP contribution in [0.1, 0.15) is 30.4 Å². The molecule has 4 rings (SSSR count). The molecule has 0 N–H and O–H groups in total. The monoisotopic (exact) mass is 367 g/mol. The van der Waals surface area contributed by atoms with E-state index in [0.717, 1.165) is 0 Å². The van der Waals surface area contributed by atoms with E-state index in [4.69, 9.17) is 13.9 Å². The van der Waals surface area contributed by atoms with E-state index in [1.165, 1.54) is 6.07 Å². The molecule has 0 saturated heterocycles. The molecule has 2 aromatic carbocycles. The number of benzene rings is 2. The van der Waals surface area contributed by atoms with E-state index in [0.29, 0.717) is 34.5 Å². The molecule has 7 heteroatoms. The molecule has 1 aliphatic heterocycles. The zero-order valence-corrected chi connectivity index (χ0v) is 14.6. The van der Waals surface area contributed by atoms with Gasteiger partial charge in [-0.05, 0) is 19.1 Å². The predicted molar refractivity (Wildman–Crippen MR) is 98.1 cm³/mol. The summed E-state index contributed by atoms with van der Waals surface area (Å²) in [5.74, 6) is -0.192. The fourth-order valence-electron chi connectivity index (χ4n) is 3.57. The highest BCUT2D eigenvalue weighted by Crippen LogP contribution is 2.44. The maximum atomic E-state index is 12.7. The van der Waals surface area contributed by atoms with Crippen LogP contribution in [0, 0.1) is 10.1 Å². The summed E-state index contributed by atoms with van der Waals surface area (Å²) in [7, 11) is 0. The number of ether oxygens (including phenoxy) is 2. The Morgan fingerprint density at radius 3 is 2.70 bits per heavy atom. The first-order valence-corrected chi connectivity index (χ1v) is 8.67. The Labute approximate surface area is 154 Å². The molecule has 0 radical (unpaired) electrons. The lowest BCUT2D eigenvalue weighted by atomic mass is 9.85. The molecule has 0 amide bonds. The van der Waals surface area contributed by atoms with E-state index in [1.54, 1.807) is 36.4 Å². The van der Waals surface area contributed by atoms with Gasteiger partial charge in [-0.2, -0.15) is 0 Å². The van der Waals surface area contributed by atoms with E-state index in [9.17, 15) is 14.9 Å². The number of nitro benzene ring substituents is 1. The molecule has 3 aromatic rings. The zero-order chi connectivity index (χ0) is 19.0. The van der Waals surface area contributed by atoms with E-state index in [1.807, 2.05) is 13.0 Å². The van der Waals surface area contributed by atoms with Crippen LogP contribution >= 0.6 is 0 Å². The summed E-state index contributed by atoms with van der Waals surface area (Å²) in [6.45, 7) is 2.26. The third-order valence-corrected chi connectivity index (χ3v) is 4.69. The highest BCUT2D eigenvalue weighted by atomic mass is 16.7. The van der Waals surface area contributed by atoms with Gasteiger partial charge in [-0.25, -0.2) is 4.79 Å². The number of nitrogens with zero attached hydrogens (tertiary/aromatic N) is 1. The van der Waals surface area contributed by atoms with Crippen molar-refractivity contribution < 1.29 is 18.8 Å². The van der Waals surface area contributed by atoms with Crippen LogP contribution in [0.4, 0.5) is 5.69 Å². The van der Waals surface area contributed by atoms with Gasteiger partial charge in [0.05, 0.1) is 15.9 Å². The summed E-state index contributed by atoms with van der Waals surface area (Å²) in [6.07, 6.45) is -0.327. The van der Waals surface area contributed by atoms with Crippen molar-refractivity contribution in [3.8, 4) is 5.75 Å². The first-order chi connectivity index (χ1) is 13.1. The highest BCUT2D eigenvalue weighted by Gasteiger charge is 2.37. The molecule has 1 aromatic heterocycles. The van der Waals surface area contributed by atoms with Crippen molar-refractivity contribution in [3.05, 3.63) is 80.2 Å². The number of hydrogen-bond acceptors (Lipinski definition) is 6. The normalized spacial score (nSPS) is 18.7. The van der Waals surface area contributed by atoms with E-state index >= 15 is 0 Å². The molecule has 7 nitrogen and oxygen atoms in total. The molecule has 0 unspecified atom stereocenters. The van der Waals surface area contributed by atoms with Crippen LogP contribution in [0.5, 0.6) is 5.75 Å². The van der Waals surface area contributed by atoms with Gasteiger partial charge in [-0.15, -0.1) is 0 Å². The van der Waals surface area contributed by atoms with Crippen molar-refractivity contribution in [1.82, 2.24) is 0 Å². The second-order valence-corrected chi connectivity index (χ2v) is 6.24. The number of nitro groups is 1. The first-order valence-electron chi connectivity index (χ1n) is 8.67. The minimum atomic E-state index is -0.613. The quantitative estimate of drug-likeness (QED) is 0.393. The van der Waals surface area contributed by atoms with Crippen molar-refractivity contribution in [2.24, 2.45) is 0 Å². The summed E-state index contributed by atoms with van der Waals surface area (Å²) in [6, 6.07) is 13.5. The third kappa shape index (κ3) is 2.96. The lowest BCUT2D eigenvalue weighted by Crippen LogP contribution is -2.32. The van der Waals surface area contributed by atoms with Crippen LogP contribution in [0.2, 0.25) is 0 Å². The van der Waals surface area contributed by atoms with Gasteiger partial charge in [0, 0.05) is 30.6 Å². The van der Waals surface area contributed by atoms with Crippen molar-refractivity contribution in [2.45, 2.75) is 25.6 Å². The van der Waals surface area contributed by atoms with Gasteiger partial charge in [0.1, 0.15) is 11.3 Å². The van der Waals surface area contributed by atoms with Crippen molar-refractivity contribution >= 4 is 16.7 Å². The highest BCUT2D eigenvalue weighted by molar-refractivity contribution is 5.85. The van der Waals surface area contributed by atoms with Crippen LogP contribution in [-0.2, 0) is 4.74 Å². The van der Waals surface area contributed by atoms with Crippen LogP contribution in [-0.4, -0.2) is 17.8 Å². The summed E-state index contributed by atoms with van der Waals surface area (Å²) in [5.41, 5.74) is 0.540. The van der Waals surface area contributed by atoms with Gasteiger partial charge in [0.25, 0.3) is 5.69 Å². The summed E-state index contributed by atoms with van der Waals surface area (Å²) < 4.78 is 17.1. The standard InChI is InChI=1S/C20H17NO6/c1-2-25-17-11-14(12-7-3-5-9-15(12)21(23)24)18-19(27-17)13-8-4-6-10-16(13)26-20(18)22/h3-10,14,17H,2,11H2,1H3/t14-,17+/m0/s1. The molecule has 138 valence electrons. The molecule has 2 heterocycles. The number of hydrogen-bond donors (Lipinski definition) is 0.